The van der Waals surface area contributed by atoms with Crippen molar-refractivity contribution in [3.8, 4) is 6.07 Å². The molecule has 4 unspecified atom stereocenters. The molecule has 1 aromatic heterocycles. The fourth-order valence-corrected chi connectivity index (χ4v) is 6.03. The molecule has 28 heavy (non-hydrogen) atoms. The summed E-state index contributed by atoms with van der Waals surface area (Å²) in [6, 6.07) is 9.38. The Morgan fingerprint density at radius 1 is 1.25 bits per heavy atom. The van der Waals surface area contributed by atoms with Crippen molar-refractivity contribution in [3.05, 3.63) is 60.3 Å². The van der Waals surface area contributed by atoms with Crippen molar-refractivity contribution in [1.82, 2.24) is 4.98 Å². The lowest BCUT2D eigenvalue weighted by Gasteiger charge is -2.53. The highest BCUT2D eigenvalue weighted by Gasteiger charge is 2.55. The zero-order valence-corrected chi connectivity index (χ0v) is 17.9. The predicted molar refractivity (Wildman–Crippen MR) is 117 cm³/mol. The highest BCUT2D eigenvalue weighted by atomic mass is 14.8. The molecule has 2 heteroatoms. The SMILES string of the molecule is C=CC(C)(C)c1[nH]c2cccc3c2c1C1C(C#N)C(C)(C=C)CCC1C3(C)C. The topological polar surface area (TPSA) is 39.6 Å². The van der Waals surface area contributed by atoms with Crippen LogP contribution in [0.1, 0.15) is 70.2 Å². The number of fused-ring (bicyclic) bond motifs is 2. The normalized spacial score (nSPS) is 31.1. The van der Waals surface area contributed by atoms with Crippen LogP contribution in [-0.4, -0.2) is 4.98 Å². The van der Waals surface area contributed by atoms with E-state index in [1.165, 1.54) is 27.7 Å². The molecule has 2 aromatic rings. The number of aromatic nitrogens is 1. The Bertz CT molecular complexity index is 1010. The average Bonchev–Trinajstić information content (AvgIpc) is 3.06. The van der Waals surface area contributed by atoms with Gasteiger partial charge in [-0.25, -0.2) is 0 Å². The van der Waals surface area contributed by atoms with Crippen LogP contribution >= 0.6 is 0 Å². The standard InChI is InChI=1S/C26H32N2/c1-8-24(3,4)23-22-20-17(13-14-26(7,9-2)18(20)15-27)25(5,6)16-11-10-12-19(28-23)21(16)22/h8-12,17-18,20,28H,1-2,13-14H2,3-7H3. The third-order valence-electron chi connectivity index (χ3n) is 8.07. The summed E-state index contributed by atoms with van der Waals surface area (Å²) in [6.07, 6.45) is 6.20. The Labute approximate surface area is 169 Å². The third-order valence-corrected chi connectivity index (χ3v) is 8.07. The van der Waals surface area contributed by atoms with E-state index >= 15 is 0 Å². The van der Waals surface area contributed by atoms with E-state index < -0.39 is 0 Å². The summed E-state index contributed by atoms with van der Waals surface area (Å²) in [4.78, 5) is 3.74. The number of nitriles is 1. The molecule has 1 fully saturated rings. The van der Waals surface area contributed by atoms with Crippen molar-refractivity contribution in [2.45, 2.75) is 64.2 Å². The van der Waals surface area contributed by atoms with Gasteiger partial charge in [-0.2, -0.15) is 5.26 Å². The van der Waals surface area contributed by atoms with Gasteiger partial charge in [-0.3, -0.25) is 0 Å². The molecule has 0 spiro atoms. The lowest BCUT2D eigenvalue weighted by molar-refractivity contribution is 0.0866. The molecule has 1 N–H and O–H groups in total. The highest BCUT2D eigenvalue weighted by Crippen LogP contribution is 2.62. The van der Waals surface area contributed by atoms with Crippen molar-refractivity contribution in [2.75, 3.05) is 0 Å². The zero-order chi connectivity index (χ0) is 20.5. The van der Waals surface area contributed by atoms with Crippen LogP contribution in [0.5, 0.6) is 0 Å². The first-order chi connectivity index (χ1) is 13.1. The van der Waals surface area contributed by atoms with Gasteiger partial charge in [0, 0.05) is 33.3 Å². The molecule has 2 aliphatic carbocycles. The molecule has 0 saturated heterocycles. The molecule has 0 radical (unpaired) electrons. The van der Waals surface area contributed by atoms with Gasteiger partial charge in [0.2, 0.25) is 0 Å². The summed E-state index contributed by atoms with van der Waals surface area (Å²) in [6.45, 7) is 19.6. The monoisotopic (exact) mass is 372 g/mol. The molecule has 1 aromatic carbocycles. The molecule has 1 heterocycles. The molecule has 146 valence electrons. The van der Waals surface area contributed by atoms with Crippen LogP contribution in [-0.2, 0) is 10.8 Å². The molecule has 0 aliphatic heterocycles. The van der Waals surface area contributed by atoms with Crippen LogP contribution in [0.25, 0.3) is 10.9 Å². The summed E-state index contributed by atoms with van der Waals surface area (Å²) in [7, 11) is 0. The first kappa shape index (κ1) is 19.1. The number of nitrogens with zero attached hydrogens (tertiary/aromatic N) is 1. The first-order valence-electron chi connectivity index (χ1n) is 10.4. The van der Waals surface area contributed by atoms with Gasteiger partial charge in [-0.05, 0) is 41.4 Å². The molecule has 0 bridgehead atoms. The maximum atomic E-state index is 10.3. The second kappa shape index (κ2) is 5.86. The summed E-state index contributed by atoms with van der Waals surface area (Å²) in [5.41, 5.74) is 4.89. The van der Waals surface area contributed by atoms with E-state index in [0.717, 1.165) is 12.8 Å². The van der Waals surface area contributed by atoms with Gasteiger partial charge in [-0.1, -0.05) is 58.9 Å². The molecular formula is C26H32N2. The Balaban J connectivity index is 2.13. The van der Waals surface area contributed by atoms with Crippen LogP contribution in [0.3, 0.4) is 0 Å². The fourth-order valence-electron chi connectivity index (χ4n) is 6.03. The smallest absolute Gasteiger partial charge is 0.0671 e. The molecule has 2 nitrogen and oxygen atoms in total. The van der Waals surface area contributed by atoms with Crippen molar-refractivity contribution in [1.29, 1.82) is 5.26 Å². The van der Waals surface area contributed by atoms with Crippen molar-refractivity contribution in [2.24, 2.45) is 17.3 Å². The maximum absolute atomic E-state index is 10.3. The number of hydrogen-bond donors (Lipinski definition) is 1. The minimum atomic E-state index is -0.181. The maximum Gasteiger partial charge on any atom is 0.0671 e. The molecule has 4 rings (SSSR count). The minimum absolute atomic E-state index is 0.0343. The summed E-state index contributed by atoms with van der Waals surface area (Å²) in [5.74, 6) is 0.572. The predicted octanol–water partition coefficient (Wildman–Crippen LogP) is 6.75. The van der Waals surface area contributed by atoms with Crippen molar-refractivity contribution < 1.29 is 0 Å². The van der Waals surface area contributed by atoms with E-state index in [9.17, 15) is 5.26 Å². The number of rotatable bonds is 3. The Morgan fingerprint density at radius 2 is 1.96 bits per heavy atom. The first-order valence-corrected chi connectivity index (χ1v) is 10.4. The van der Waals surface area contributed by atoms with E-state index in [0.29, 0.717) is 5.92 Å². The number of benzene rings is 1. The second-order valence-corrected chi connectivity index (χ2v) is 10.3. The van der Waals surface area contributed by atoms with Crippen LogP contribution in [0, 0.1) is 28.6 Å². The molecule has 1 saturated carbocycles. The number of allylic oxidation sites excluding steroid dienone is 2. The Hall–Kier alpha value is -2.27. The van der Waals surface area contributed by atoms with Crippen molar-refractivity contribution >= 4 is 10.9 Å². The summed E-state index contributed by atoms with van der Waals surface area (Å²) in [5, 5.41) is 11.7. The number of nitrogens with one attached hydrogen (secondary N) is 1. The molecular weight excluding hydrogens is 340 g/mol. The fraction of sp³-hybridized carbons (Fsp3) is 0.500. The van der Waals surface area contributed by atoms with Gasteiger partial charge < -0.3 is 4.98 Å². The van der Waals surface area contributed by atoms with Crippen LogP contribution in [0.2, 0.25) is 0 Å². The van der Waals surface area contributed by atoms with Gasteiger partial charge in [0.1, 0.15) is 0 Å². The molecule has 4 atom stereocenters. The minimum Gasteiger partial charge on any atom is -0.357 e. The number of hydrogen-bond acceptors (Lipinski definition) is 1. The van der Waals surface area contributed by atoms with Crippen LogP contribution in [0.4, 0.5) is 0 Å². The molecule has 2 aliphatic rings. The van der Waals surface area contributed by atoms with Crippen LogP contribution in [0.15, 0.2) is 43.5 Å². The van der Waals surface area contributed by atoms with E-state index in [4.69, 9.17) is 0 Å². The average molecular weight is 373 g/mol. The Kier molecular flexibility index (Phi) is 3.99. The second-order valence-electron chi connectivity index (χ2n) is 10.3. The summed E-state index contributed by atoms with van der Waals surface area (Å²) < 4.78 is 0. The highest BCUT2D eigenvalue weighted by molar-refractivity contribution is 5.91. The number of H-pyrrole nitrogens is 1. The van der Waals surface area contributed by atoms with E-state index in [1.54, 1.807) is 0 Å². The quantitative estimate of drug-likeness (QED) is 0.595. The third kappa shape index (κ3) is 2.26. The zero-order valence-electron chi connectivity index (χ0n) is 17.9. The Morgan fingerprint density at radius 3 is 2.57 bits per heavy atom. The lowest BCUT2D eigenvalue weighted by Crippen LogP contribution is -2.47. The van der Waals surface area contributed by atoms with Crippen LogP contribution < -0.4 is 0 Å². The van der Waals surface area contributed by atoms with Gasteiger partial charge >= 0.3 is 0 Å². The van der Waals surface area contributed by atoms with Gasteiger partial charge in [-0.15, -0.1) is 13.2 Å². The van der Waals surface area contributed by atoms with Gasteiger partial charge in [0.15, 0.2) is 0 Å². The van der Waals surface area contributed by atoms with Gasteiger partial charge in [0.05, 0.1) is 12.0 Å². The van der Waals surface area contributed by atoms with E-state index in [1.807, 2.05) is 12.2 Å². The van der Waals surface area contributed by atoms with Gasteiger partial charge in [0.25, 0.3) is 0 Å². The summed E-state index contributed by atoms with van der Waals surface area (Å²) >= 11 is 0. The largest absolute Gasteiger partial charge is 0.357 e. The van der Waals surface area contributed by atoms with E-state index in [-0.39, 0.29) is 28.1 Å². The van der Waals surface area contributed by atoms with Crippen molar-refractivity contribution in [3.63, 3.8) is 0 Å². The lowest BCUT2D eigenvalue weighted by atomic mass is 9.49. The molecule has 0 amide bonds. The number of aromatic amines is 1. The van der Waals surface area contributed by atoms with E-state index in [2.05, 4.69) is 77.0 Å².